The molecule has 0 bridgehead atoms. The van der Waals surface area contributed by atoms with Crippen LogP contribution in [0, 0.1) is 0 Å². The molecule has 6 N–H and O–H groups in total. The second-order valence-corrected chi connectivity index (χ2v) is 20.4. The average molecular weight is 1080 g/mol. The summed E-state index contributed by atoms with van der Waals surface area (Å²) >= 11 is 5.76. The number of alkyl halides is 4. The number of halogens is 5. The van der Waals surface area contributed by atoms with E-state index < -0.39 is 130 Å². The first-order valence-corrected chi connectivity index (χ1v) is 24.9. The number of hydrogen-bond acceptors (Lipinski definition) is 18. The van der Waals surface area contributed by atoms with Crippen molar-refractivity contribution in [3.8, 4) is 5.75 Å². The minimum absolute atomic E-state index is 0. The third kappa shape index (κ3) is 18.9. The number of aliphatic hydroxyl groups is 3. The molecule has 1 aromatic rings. The fraction of sp³-hybridized carbons (Fsp3) is 0.628. The highest BCUT2D eigenvalue weighted by molar-refractivity contribution is 7.84. The molecule has 2 amide bonds. The van der Waals surface area contributed by atoms with E-state index in [-0.39, 0.29) is 33.0 Å². The van der Waals surface area contributed by atoms with Crippen LogP contribution in [0.2, 0.25) is 0 Å². The van der Waals surface area contributed by atoms with E-state index in [0.717, 1.165) is 50.0 Å². The van der Waals surface area contributed by atoms with Crippen LogP contribution in [0.5, 0.6) is 5.75 Å². The van der Waals surface area contributed by atoms with Gasteiger partial charge in [-0.2, -0.15) is 0 Å². The lowest BCUT2D eigenvalue weighted by Crippen LogP contribution is -2.52. The van der Waals surface area contributed by atoms with Gasteiger partial charge in [-0.3, -0.25) is 38.6 Å². The fourth-order valence-electron chi connectivity index (χ4n) is 6.03. The predicted molar refractivity (Wildman–Crippen MR) is 249 cm³/mol. The minimum atomic E-state index is -3.65. The molecule has 12 atom stereocenters. The first kappa shape index (κ1) is 66.7. The number of ether oxygens (including phenoxy) is 4. The van der Waals surface area contributed by atoms with Crippen LogP contribution in [0.1, 0.15) is 83.1 Å². The summed E-state index contributed by atoms with van der Waals surface area (Å²) in [6, 6.07) is 7.15. The standard InChI is InChI=1S/C12H17ClNO4P.C12H15F2NO6P.C11H13F2NO5.C6H13NO2.2CH4/c1-9(2)17-12(15)10(3)14-19(13,16)18-11-7-5-4-6-8-11;1-11(13)9(18)12(14,6-20-22(2)19)21-10(11)15-4-3-7(16)5-8(15)17;1-10(12)8(18)11(13,5-15)19-9(10)14-3-2-6(16)4-7(14)17;1-4(2)9-6(8)5(3)7;;/h4-10H,1-3H3,(H,14,16);3-4,9-10,18H,5-6H2,1-2H3;2-3,8-9,15,18H,4-5H2,1H3;4-5H,7H2,1-3H3;2*1H4/q;+1;;;;/t10-,19?;9-,10+,11+,12+;8-,9+,10+,11+;5-;;/m0000../s1. The number of rotatable bonds is 14. The van der Waals surface area contributed by atoms with Crippen LogP contribution in [-0.2, 0) is 61.4 Å². The highest BCUT2D eigenvalue weighted by atomic mass is 35.7. The number of amides is 2. The highest BCUT2D eigenvalue weighted by Gasteiger charge is 2.67. The molecule has 2 saturated heterocycles. The number of allylic oxidation sites excluding steroid dienone is 2. The summed E-state index contributed by atoms with van der Waals surface area (Å²) in [6.45, 7) is 7.18. The maximum absolute atomic E-state index is 14.7. The Bertz CT molecular complexity index is 2130. The third-order valence-corrected chi connectivity index (χ3v) is 11.6. The Morgan fingerprint density at radius 3 is 1.59 bits per heavy atom. The molecular formula is C43H66ClF4N4O17P2+. The maximum Gasteiger partial charge on any atom is 0.505 e. The summed E-state index contributed by atoms with van der Waals surface area (Å²) in [5, 5.41) is 30.7. The Morgan fingerprint density at radius 1 is 0.831 bits per heavy atom. The Hall–Kier alpha value is -4.26. The van der Waals surface area contributed by atoms with Gasteiger partial charge in [0.15, 0.2) is 60.8 Å². The fourth-order valence-corrected chi connectivity index (χ4v) is 8.08. The molecule has 4 aliphatic rings. The molecule has 0 spiro atoms. The number of para-hydroxylation sites is 1. The van der Waals surface area contributed by atoms with Gasteiger partial charge in [0.05, 0.1) is 25.0 Å². The number of carbonyl (C=O) groups excluding carboxylic acids is 6. The first-order valence-electron chi connectivity index (χ1n) is 20.8. The first-order chi connectivity index (χ1) is 31.6. The zero-order valence-corrected chi connectivity index (χ0v) is 41.5. The molecule has 0 saturated carbocycles. The lowest BCUT2D eigenvalue weighted by Gasteiger charge is -2.32. The lowest BCUT2D eigenvalue weighted by atomic mass is 9.96. The van der Waals surface area contributed by atoms with Gasteiger partial charge in [0, 0.05) is 23.6 Å². The molecule has 21 nitrogen and oxygen atoms in total. The number of hydrogen-bond donors (Lipinski definition) is 5. The topological polar surface area (TPSA) is 297 Å². The lowest BCUT2D eigenvalue weighted by molar-refractivity contribution is -0.212. The largest absolute Gasteiger partial charge is 0.505 e. The van der Waals surface area contributed by atoms with E-state index in [1.807, 2.05) is 0 Å². The van der Waals surface area contributed by atoms with Crippen LogP contribution >= 0.6 is 26.1 Å². The molecule has 0 radical (unpaired) electrons. The van der Waals surface area contributed by atoms with Crippen molar-refractivity contribution in [1.82, 2.24) is 14.9 Å². The van der Waals surface area contributed by atoms with E-state index in [0.29, 0.717) is 10.6 Å². The third-order valence-electron chi connectivity index (χ3n) is 9.44. The molecule has 404 valence electrons. The van der Waals surface area contributed by atoms with Gasteiger partial charge >= 0.3 is 26.8 Å². The van der Waals surface area contributed by atoms with Crippen LogP contribution in [0.25, 0.3) is 0 Å². The zero-order valence-electron chi connectivity index (χ0n) is 39.0. The second kappa shape index (κ2) is 27.7. The van der Waals surface area contributed by atoms with Crippen molar-refractivity contribution < 1.29 is 98.8 Å². The minimum Gasteiger partial charge on any atom is -0.462 e. The monoisotopic (exact) mass is 1080 g/mol. The average Bonchev–Trinajstić information content (AvgIpc) is 3.53. The number of esters is 2. The van der Waals surface area contributed by atoms with Gasteiger partial charge in [0.2, 0.25) is 11.8 Å². The van der Waals surface area contributed by atoms with Crippen molar-refractivity contribution in [1.29, 1.82) is 0 Å². The number of ketones is 2. The molecule has 2 unspecified atom stereocenters. The quantitative estimate of drug-likeness (QED) is 0.0700. The van der Waals surface area contributed by atoms with Gasteiger partial charge in [-0.1, -0.05) is 33.1 Å². The van der Waals surface area contributed by atoms with Crippen LogP contribution < -0.4 is 15.3 Å². The second-order valence-electron chi connectivity index (χ2n) is 16.5. The van der Waals surface area contributed by atoms with E-state index in [4.69, 9.17) is 40.8 Å². The Morgan fingerprint density at radius 2 is 1.24 bits per heavy atom. The van der Waals surface area contributed by atoms with Gasteiger partial charge in [-0.05, 0) is 84.2 Å². The summed E-state index contributed by atoms with van der Waals surface area (Å²) in [7, 11) is -2.18. The summed E-state index contributed by atoms with van der Waals surface area (Å²) < 4.78 is 109. The summed E-state index contributed by atoms with van der Waals surface area (Å²) in [5.74, 6) is -8.97. The van der Waals surface area contributed by atoms with E-state index in [1.165, 1.54) is 6.92 Å². The van der Waals surface area contributed by atoms with E-state index in [9.17, 15) is 65.7 Å². The molecule has 0 aromatic heterocycles. The van der Waals surface area contributed by atoms with E-state index in [2.05, 4.69) is 14.3 Å². The number of nitrogens with two attached hydrogens (primary N) is 1. The predicted octanol–water partition coefficient (Wildman–Crippen LogP) is 5.11. The number of nitrogens with one attached hydrogen (secondary N) is 1. The SMILES string of the molecule is C.C.CC(C)OC(=O)[C@H](C)N.CC(C)OC(=O)[C@H](C)NP(=O)(Cl)Oc1ccccc1.C[C@]1(F)[C@H](N2C=CC(=O)CC2=O)O[C@](F)(CO)[C@H]1O.C[P+](=O)OC[C@@]1(F)O[C@@H](N2C=CC(=O)CC2=O)[C@](C)(F)[C@@H]1O. The van der Waals surface area contributed by atoms with Crippen LogP contribution in [0.3, 0.4) is 0 Å². The molecule has 5 rings (SSSR count). The molecule has 2 fully saturated rings. The molecule has 4 aliphatic heterocycles. The summed E-state index contributed by atoms with van der Waals surface area (Å²) in [5.41, 5.74) is -0.0723. The van der Waals surface area contributed by atoms with Gasteiger partial charge in [0.25, 0.3) is 11.7 Å². The van der Waals surface area contributed by atoms with Crippen molar-refractivity contribution in [2.75, 3.05) is 19.9 Å². The van der Waals surface area contributed by atoms with Crippen molar-refractivity contribution in [2.45, 2.75) is 155 Å². The van der Waals surface area contributed by atoms with E-state index in [1.54, 1.807) is 65.0 Å². The molecular weight excluding hydrogens is 1020 g/mol. The number of aliphatic hydroxyl groups excluding tert-OH is 3. The molecule has 28 heteroatoms. The van der Waals surface area contributed by atoms with Crippen molar-refractivity contribution in [3.05, 3.63) is 54.9 Å². The molecule has 4 heterocycles. The summed E-state index contributed by atoms with van der Waals surface area (Å²) in [4.78, 5) is 69.1. The number of carbonyl (C=O) groups is 6. The number of nitrogens with zero attached hydrogens (tertiary/aromatic N) is 2. The van der Waals surface area contributed by atoms with Crippen LogP contribution in [-0.4, -0.2) is 152 Å². The van der Waals surface area contributed by atoms with Gasteiger partial charge < -0.3 is 44.5 Å². The van der Waals surface area contributed by atoms with Gasteiger partial charge in [-0.25, -0.2) is 27.2 Å². The van der Waals surface area contributed by atoms with Crippen LogP contribution in [0.15, 0.2) is 54.9 Å². The Labute approximate surface area is 415 Å². The molecule has 1 aromatic carbocycles. The molecule has 71 heavy (non-hydrogen) atoms. The van der Waals surface area contributed by atoms with Crippen molar-refractivity contribution in [3.63, 3.8) is 0 Å². The normalized spacial score (nSPS) is 29.7. The zero-order chi connectivity index (χ0) is 53.0. The summed E-state index contributed by atoms with van der Waals surface area (Å²) in [6.07, 6.45) is -5.32. The van der Waals surface area contributed by atoms with Crippen LogP contribution in [0.4, 0.5) is 17.6 Å². The van der Waals surface area contributed by atoms with Gasteiger partial charge in [-0.15, -0.1) is 4.52 Å². The molecule has 0 aliphatic carbocycles. The van der Waals surface area contributed by atoms with Crippen molar-refractivity contribution >= 4 is 61.5 Å². The number of benzene rings is 1. The van der Waals surface area contributed by atoms with Crippen molar-refractivity contribution in [2.24, 2.45) is 5.73 Å². The van der Waals surface area contributed by atoms with E-state index >= 15 is 0 Å². The Kier molecular flexibility index (Phi) is 26.0. The Balaban J connectivity index is 0.000000944. The highest BCUT2D eigenvalue weighted by Crippen LogP contribution is 2.49. The maximum atomic E-state index is 14.7. The van der Waals surface area contributed by atoms with Gasteiger partial charge in [0.1, 0.15) is 24.4 Å². The smallest absolute Gasteiger partial charge is 0.462 e.